The molecule has 0 saturated carbocycles. The number of carbonyl (C=O) groups is 2. The van der Waals surface area contributed by atoms with Crippen molar-refractivity contribution in [2.24, 2.45) is 0 Å². The molecule has 1 aliphatic heterocycles. The average Bonchev–Trinajstić information content (AvgIpc) is 2.34. The van der Waals surface area contributed by atoms with Crippen LogP contribution in [0.5, 0.6) is 0 Å². The molecular formula is C7H15NO4S. The highest BCUT2D eigenvalue weighted by molar-refractivity contribution is 7.59. The third-order valence-electron chi connectivity index (χ3n) is 1.36. The Morgan fingerprint density at radius 3 is 2.00 bits per heavy atom. The lowest BCUT2D eigenvalue weighted by molar-refractivity contribution is -0.139. The Hall–Kier alpha value is -0.750. The molecule has 1 saturated heterocycles. The predicted molar refractivity (Wildman–Crippen MR) is 52.4 cm³/mol. The molecule has 3 N–H and O–H groups in total. The van der Waals surface area contributed by atoms with Gasteiger partial charge < -0.3 is 15.5 Å². The quantitative estimate of drug-likeness (QED) is 0.567. The second-order valence-electron chi connectivity index (χ2n) is 2.51. The topological polar surface area (TPSA) is 86.6 Å². The van der Waals surface area contributed by atoms with E-state index in [4.69, 9.17) is 15.0 Å². The Labute approximate surface area is 83.6 Å². The van der Waals surface area contributed by atoms with Crippen molar-refractivity contribution in [3.63, 3.8) is 0 Å². The summed E-state index contributed by atoms with van der Waals surface area (Å²) in [6.45, 7) is 1.94. The molecule has 1 unspecified atom stereocenters. The third kappa shape index (κ3) is 9.16. The summed E-state index contributed by atoms with van der Waals surface area (Å²) < 4.78 is 0. The monoisotopic (exact) mass is 209 g/mol. The first-order valence-corrected chi connectivity index (χ1v) is 3.69. The number of nitrogens with one attached hydrogen (secondary N) is 1. The molecule has 1 rings (SSSR count). The van der Waals surface area contributed by atoms with E-state index in [1.54, 1.807) is 0 Å². The van der Waals surface area contributed by atoms with Gasteiger partial charge in [0.1, 0.15) is 6.04 Å². The minimum atomic E-state index is -0.833. The first-order chi connectivity index (χ1) is 5.54. The normalized spacial score (nSPS) is 19.3. The maximum absolute atomic E-state index is 10.1. The van der Waals surface area contributed by atoms with Crippen LogP contribution in [-0.4, -0.2) is 34.7 Å². The molecule has 0 bridgehead atoms. The molecule has 0 aliphatic carbocycles. The van der Waals surface area contributed by atoms with Crippen molar-refractivity contribution in [3.8, 4) is 0 Å². The lowest BCUT2D eigenvalue weighted by atomic mass is 10.2. The fourth-order valence-corrected chi connectivity index (χ4v) is 0.895. The Balaban J connectivity index is 0. The Morgan fingerprint density at radius 2 is 1.85 bits per heavy atom. The summed E-state index contributed by atoms with van der Waals surface area (Å²) in [5, 5.41) is 18.6. The van der Waals surface area contributed by atoms with E-state index in [0.29, 0.717) is 0 Å². The van der Waals surface area contributed by atoms with Gasteiger partial charge in [0.15, 0.2) is 0 Å². The van der Waals surface area contributed by atoms with Gasteiger partial charge >= 0.3 is 5.97 Å². The average molecular weight is 209 g/mol. The zero-order valence-corrected chi connectivity index (χ0v) is 8.41. The molecule has 0 radical (unpaired) electrons. The molecule has 0 aromatic heterocycles. The van der Waals surface area contributed by atoms with Gasteiger partial charge in [0.25, 0.3) is 5.97 Å². The van der Waals surface area contributed by atoms with Crippen LogP contribution < -0.4 is 5.32 Å². The van der Waals surface area contributed by atoms with Crippen molar-refractivity contribution in [2.75, 3.05) is 6.54 Å². The van der Waals surface area contributed by atoms with Gasteiger partial charge in [-0.05, 0) is 19.4 Å². The van der Waals surface area contributed by atoms with Crippen molar-refractivity contribution in [1.82, 2.24) is 5.32 Å². The Bertz CT molecular complexity index is 164. The lowest BCUT2D eigenvalue weighted by Crippen LogP contribution is -2.29. The standard InChI is InChI=1S/C5H9NO2.C2H4O2.H2S/c7-5(8)4-2-1-3-6-4;1-2(3)4;/h4,6H,1-3H2,(H,7,8);1H3,(H,3,4);1H2. The van der Waals surface area contributed by atoms with E-state index in [-0.39, 0.29) is 19.5 Å². The molecule has 1 heterocycles. The molecule has 1 atom stereocenters. The van der Waals surface area contributed by atoms with Crippen molar-refractivity contribution in [2.45, 2.75) is 25.8 Å². The smallest absolute Gasteiger partial charge is 0.320 e. The highest BCUT2D eigenvalue weighted by Crippen LogP contribution is 2.03. The van der Waals surface area contributed by atoms with Gasteiger partial charge in [0.2, 0.25) is 0 Å². The first-order valence-electron chi connectivity index (χ1n) is 3.69. The highest BCUT2D eigenvalue weighted by atomic mass is 32.1. The zero-order valence-electron chi connectivity index (χ0n) is 7.41. The summed E-state index contributed by atoms with van der Waals surface area (Å²) in [5.41, 5.74) is 0. The van der Waals surface area contributed by atoms with Crippen LogP contribution in [-0.2, 0) is 9.59 Å². The van der Waals surface area contributed by atoms with Gasteiger partial charge in [-0.2, -0.15) is 13.5 Å². The maximum atomic E-state index is 10.1. The largest absolute Gasteiger partial charge is 0.481 e. The molecule has 13 heavy (non-hydrogen) atoms. The number of rotatable bonds is 1. The molecule has 1 aliphatic rings. The molecule has 6 heteroatoms. The van der Waals surface area contributed by atoms with Gasteiger partial charge in [0.05, 0.1) is 0 Å². The fraction of sp³-hybridized carbons (Fsp3) is 0.714. The van der Waals surface area contributed by atoms with E-state index in [1.807, 2.05) is 0 Å². The van der Waals surface area contributed by atoms with Gasteiger partial charge in [-0.15, -0.1) is 0 Å². The molecule has 5 nitrogen and oxygen atoms in total. The second-order valence-corrected chi connectivity index (χ2v) is 2.51. The number of aliphatic carboxylic acids is 2. The summed E-state index contributed by atoms with van der Waals surface area (Å²) in [6, 6.07) is -0.269. The van der Waals surface area contributed by atoms with Crippen LogP contribution in [0.4, 0.5) is 0 Å². The van der Waals surface area contributed by atoms with Gasteiger partial charge in [-0.3, -0.25) is 9.59 Å². The van der Waals surface area contributed by atoms with E-state index >= 15 is 0 Å². The van der Waals surface area contributed by atoms with Gasteiger partial charge in [-0.25, -0.2) is 0 Å². The number of hydrogen-bond acceptors (Lipinski definition) is 3. The van der Waals surface area contributed by atoms with Crippen LogP contribution in [0.3, 0.4) is 0 Å². The van der Waals surface area contributed by atoms with Crippen LogP contribution in [0.2, 0.25) is 0 Å². The summed E-state index contributed by atoms with van der Waals surface area (Å²) in [6.07, 6.45) is 1.78. The molecule has 78 valence electrons. The van der Waals surface area contributed by atoms with Crippen molar-refractivity contribution >= 4 is 25.4 Å². The SMILES string of the molecule is CC(=O)O.O=C(O)C1CCCN1.S. The van der Waals surface area contributed by atoms with Gasteiger partial charge in [0, 0.05) is 6.92 Å². The van der Waals surface area contributed by atoms with Crippen LogP contribution in [0.25, 0.3) is 0 Å². The summed E-state index contributed by atoms with van der Waals surface area (Å²) in [4.78, 5) is 19.1. The van der Waals surface area contributed by atoms with Crippen molar-refractivity contribution in [1.29, 1.82) is 0 Å². The Kier molecular flexibility index (Phi) is 8.94. The van der Waals surface area contributed by atoms with Gasteiger partial charge in [-0.1, -0.05) is 0 Å². The molecule has 0 aromatic rings. The van der Waals surface area contributed by atoms with E-state index in [9.17, 15) is 4.79 Å². The number of hydrogen-bond donors (Lipinski definition) is 3. The maximum Gasteiger partial charge on any atom is 0.320 e. The van der Waals surface area contributed by atoms with E-state index in [1.165, 1.54) is 0 Å². The summed E-state index contributed by atoms with van der Waals surface area (Å²) >= 11 is 0. The van der Waals surface area contributed by atoms with Crippen LogP contribution >= 0.6 is 13.5 Å². The van der Waals surface area contributed by atoms with E-state index < -0.39 is 11.9 Å². The van der Waals surface area contributed by atoms with E-state index in [2.05, 4.69) is 5.32 Å². The molecule has 0 aromatic carbocycles. The fourth-order valence-electron chi connectivity index (χ4n) is 0.895. The highest BCUT2D eigenvalue weighted by Gasteiger charge is 2.20. The zero-order chi connectivity index (χ0) is 9.56. The molecule has 0 amide bonds. The molecule has 1 fully saturated rings. The molecule has 0 spiro atoms. The Morgan fingerprint density at radius 1 is 1.38 bits per heavy atom. The number of carboxylic acid groups (broad SMARTS) is 2. The van der Waals surface area contributed by atoms with E-state index in [0.717, 1.165) is 26.3 Å². The first kappa shape index (κ1) is 14.8. The third-order valence-corrected chi connectivity index (χ3v) is 1.36. The van der Waals surface area contributed by atoms with Crippen LogP contribution in [0.15, 0.2) is 0 Å². The lowest BCUT2D eigenvalue weighted by Gasteiger charge is -1.99. The minimum absolute atomic E-state index is 0. The van der Waals surface area contributed by atoms with Crippen LogP contribution in [0.1, 0.15) is 19.8 Å². The minimum Gasteiger partial charge on any atom is -0.481 e. The predicted octanol–water partition coefficient (Wildman–Crippen LogP) is 0.0267. The molecular weight excluding hydrogens is 194 g/mol. The number of carboxylic acids is 2. The van der Waals surface area contributed by atoms with Crippen molar-refractivity contribution in [3.05, 3.63) is 0 Å². The summed E-state index contributed by atoms with van der Waals surface area (Å²) in [7, 11) is 0. The van der Waals surface area contributed by atoms with Crippen molar-refractivity contribution < 1.29 is 19.8 Å². The van der Waals surface area contributed by atoms with Crippen LogP contribution in [0, 0.1) is 0 Å². The second kappa shape index (κ2) is 7.88. The summed E-state index contributed by atoms with van der Waals surface area (Å²) in [5.74, 6) is -1.55.